The minimum Gasteiger partial charge on any atom is -0.483 e. The maximum absolute atomic E-state index is 14.5. The van der Waals surface area contributed by atoms with Crippen LogP contribution in [0.5, 0.6) is 10.9 Å². The molecule has 0 saturated heterocycles. The normalized spacial score (nSPS) is 12.1. The smallest absolute Gasteiger partial charge is 0.414 e. The highest BCUT2D eigenvalue weighted by molar-refractivity contribution is 7.20. The molecule has 0 radical (unpaired) electrons. The summed E-state index contributed by atoms with van der Waals surface area (Å²) in [6.45, 7) is 2.18. The predicted octanol–water partition coefficient (Wildman–Crippen LogP) is 5.76. The number of halogens is 4. The molecule has 0 bridgehead atoms. The molecule has 1 amide bonds. The van der Waals surface area contributed by atoms with E-state index in [1.165, 1.54) is 19.2 Å². The zero-order valence-electron chi connectivity index (χ0n) is 15.8. The second kappa shape index (κ2) is 9.74. The number of benzene rings is 2. The number of carbonyl (C=O) groups is 1. The highest BCUT2D eigenvalue weighted by atomic mass is 35.5. The lowest BCUT2D eigenvalue weighted by Gasteiger charge is -2.18. The highest BCUT2D eigenvalue weighted by Crippen LogP contribution is 2.38. The first-order valence-corrected chi connectivity index (χ1v) is 10.2. The van der Waals surface area contributed by atoms with Crippen LogP contribution in [0.1, 0.15) is 18.6 Å². The summed E-state index contributed by atoms with van der Waals surface area (Å²) in [6.07, 6.45) is -1.53. The molecule has 0 spiro atoms. The van der Waals surface area contributed by atoms with Crippen LogP contribution < -0.4 is 14.8 Å². The van der Waals surface area contributed by atoms with E-state index in [-0.39, 0.29) is 33.1 Å². The monoisotopic (exact) mass is 476 g/mol. The van der Waals surface area contributed by atoms with Crippen LogP contribution in [0.4, 0.5) is 13.6 Å². The molecule has 1 N–H and O–H groups in total. The number of amides is 1. The number of nitrogens with zero attached hydrogens (tertiary/aromatic N) is 1. The van der Waals surface area contributed by atoms with Crippen LogP contribution in [-0.2, 0) is 4.74 Å². The van der Waals surface area contributed by atoms with E-state index in [0.717, 1.165) is 23.5 Å². The van der Waals surface area contributed by atoms with Crippen molar-refractivity contribution in [3.63, 3.8) is 0 Å². The van der Waals surface area contributed by atoms with E-state index in [2.05, 4.69) is 10.3 Å². The van der Waals surface area contributed by atoms with Gasteiger partial charge in [-0.1, -0.05) is 34.5 Å². The summed E-state index contributed by atoms with van der Waals surface area (Å²) < 4.78 is 44.4. The Bertz CT molecular complexity index is 1080. The maximum Gasteiger partial charge on any atom is 0.414 e. The lowest BCUT2D eigenvalue weighted by atomic mass is 10.1. The first-order chi connectivity index (χ1) is 14.3. The minimum atomic E-state index is -0.831. The number of fused-ring (bicyclic) bond motifs is 1. The van der Waals surface area contributed by atoms with Crippen LogP contribution in [0, 0.1) is 11.6 Å². The van der Waals surface area contributed by atoms with E-state index in [9.17, 15) is 13.6 Å². The summed E-state index contributed by atoms with van der Waals surface area (Å²) in [4.78, 5) is 15.8. The molecule has 1 atom stereocenters. The van der Waals surface area contributed by atoms with E-state index < -0.39 is 23.8 Å². The van der Waals surface area contributed by atoms with Crippen LogP contribution in [-0.4, -0.2) is 31.3 Å². The van der Waals surface area contributed by atoms with Crippen LogP contribution >= 0.6 is 34.5 Å². The van der Waals surface area contributed by atoms with Crippen molar-refractivity contribution in [3.05, 3.63) is 51.5 Å². The Kier molecular flexibility index (Phi) is 7.30. The Hall–Kier alpha value is -2.20. The molecule has 1 unspecified atom stereocenters. The largest absolute Gasteiger partial charge is 0.483 e. The first-order valence-electron chi connectivity index (χ1n) is 8.65. The van der Waals surface area contributed by atoms with Crippen molar-refractivity contribution in [2.24, 2.45) is 0 Å². The average molecular weight is 477 g/mol. The predicted molar refractivity (Wildman–Crippen MR) is 111 cm³/mol. The molecule has 1 heterocycles. The summed E-state index contributed by atoms with van der Waals surface area (Å²) >= 11 is 13.1. The van der Waals surface area contributed by atoms with Crippen molar-refractivity contribution >= 4 is 50.8 Å². The molecule has 0 aliphatic rings. The van der Waals surface area contributed by atoms with Gasteiger partial charge in [0.15, 0.2) is 11.6 Å². The molecule has 0 saturated carbocycles. The van der Waals surface area contributed by atoms with Crippen molar-refractivity contribution in [2.45, 2.75) is 13.0 Å². The molecular weight excluding hydrogens is 461 g/mol. The van der Waals surface area contributed by atoms with E-state index in [1.54, 1.807) is 6.92 Å². The Morgan fingerprint density at radius 1 is 1.27 bits per heavy atom. The van der Waals surface area contributed by atoms with Crippen LogP contribution in [0.25, 0.3) is 10.2 Å². The van der Waals surface area contributed by atoms with E-state index in [0.29, 0.717) is 16.8 Å². The fourth-order valence-electron chi connectivity index (χ4n) is 2.58. The third-order valence-electron chi connectivity index (χ3n) is 3.97. The zero-order valence-corrected chi connectivity index (χ0v) is 18.1. The number of aromatic nitrogens is 1. The SMILES string of the molecule is COCCNC(=O)Oc1nc2cc(F)c(OC(C)c3c(Cl)ccc(F)c3Cl)cc2s1. The van der Waals surface area contributed by atoms with Gasteiger partial charge in [-0.15, -0.1) is 0 Å². The summed E-state index contributed by atoms with van der Waals surface area (Å²) in [7, 11) is 1.51. The fraction of sp³-hybridized carbons (Fsp3) is 0.263. The number of hydrogen-bond donors (Lipinski definition) is 1. The Balaban J connectivity index is 1.80. The number of ether oxygens (including phenoxy) is 3. The summed E-state index contributed by atoms with van der Waals surface area (Å²) in [5.74, 6) is -1.46. The van der Waals surface area contributed by atoms with E-state index in [1.807, 2.05) is 0 Å². The number of carbonyl (C=O) groups excluding carboxylic acids is 1. The van der Waals surface area contributed by atoms with Gasteiger partial charge >= 0.3 is 6.09 Å². The van der Waals surface area contributed by atoms with Gasteiger partial charge in [-0.3, -0.25) is 0 Å². The molecule has 0 fully saturated rings. The molecule has 30 heavy (non-hydrogen) atoms. The average Bonchev–Trinajstić information content (AvgIpc) is 3.06. The van der Waals surface area contributed by atoms with Gasteiger partial charge in [-0.05, 0) is 19.1 Å². The van der Waals surface area contributed by atoms with Gasteiger partial charge in [0.25, 0.3) is 5.19 Å². The van der Waals surface area contributed by atoms with Crippen molar-refractivity contribution in [2.75, 3.05) is 20.3 Å². The van der Waals surface area contributed by atoms with Crippen molar-refractivity contribution in [1.29, 1.82) is 0 Å². The van der Waals surface area contributed by atoms with Crippen LogP contribution in [0.2, 0.25) is 10.0 Å². The highest BCUT2D eigenvalue weighted by Gasteiger charge is 2.21. The number of nitrogens with one attached hydrogen (secondary N) is 1. The molecule has 6 nitrogen and oxygen atoms in total. The van der Waals surface area contributed by atoms with Gasteiger partial charge in [0.05, 0.1) is 21.8 Å². The Morgan fingerprint density at radius 2 is 2.03 bits per heavy atom. The number of rotatable bonds is 7. The van der Waals surface area contributed by atoms with Crippen molar-refractivity contribution in [1.82, 2.24) is 10.3 Å². The molecule has 0 aliphatic heterocycles. The van der Waals surface area contributed by atoms with E-state index >= 15 is 0 Å². The topological polar surface area (TPSA) is 69.7 Å². The maximum atomic E-state index is 14.5. The standard InChI is InChI=1S/C19H16Cl2F2N2O4S/c1-9(16-10(20)3-4-11(22)17(16)21)28-14-8-15-13(7-12(14)23)25-19(30-15)29-18(26)24-5-6-27-2/h3-4,7-9H,5-6H2,1-2H3,(H,24,26). The molecule has 160 valence electrons. The summed E-state index contributed by atoms with van der Waals surface area (Å²) in [5.41, 5.74) is 0.498. The van der Waals surface area contributed by atoms with Crippen molar-refractivity contribution < 1.29 is 27.8 Å². The third-order valence-corrected chi connectivity index (χ3v) is 5.58. The van der Waals surface area contributed by atoms with Gasteiger partial charge < -0.3 is 19.5 Å². The molecule has 3 rings (SSSR count). The number of methoxy groups -OCH3 is 1. The molecule has 1 aromatic heterocycles. The Morgan fingerprint density at radius 3 is 2.77 bits per heavy atom. The fourth-order valence-corrected chi connectivity index (χ4v) is 4.08. The molecular formula is C19H16Cl2F2N2O4S. The summed E-state index contributed by atoms with van der Waals surface area (Å²) in [5, 5.41) is 2.53. The van der Waals surface area contributed by atoms with Gasteiger partial charge in [-0.2, -0.15) is 0 Å². The molecule has 0 aliphatic carbocycles. The number of hydrogen-bond acceptors (Lipinski definition) is 6. The lowest BCUT2D eigenvalue weighted by molar-refractivity contribution is 0.180. The lowest BCUT2D eigenvalue weighted by Crippen LogP contribution is -2.29. The molecule has 11 heteroatoms. The summed E-state index contributed by atoms with van der Waals surface area (Å²) in [6, 6.07) is 5.05. The first kappa shape index (κ1) is 22.5. The minimum absolute atomic E-state index is 0.0423. The van der Waals surface area contributed by atoms with Crippen molar-refractivity contribution in [3.8, 4) is 10.9 Å². The zero-order chi connectivity index (χ0) is 21.8. The van der Waals surface area contributed by atoms with Crippen LogP contribution in [0.15, 0.2) is 24.3 Å². The second-order valence-electron chi connectivity index (χ2n) is 6.06. The van der Waals surface area contributed by atoms with Gasteiger partial charge in [-0.25, -0.2) is 18.6 Å². The van der Waals surface area contributed by atoms with Gasteiger partial charge in [0, 0.05) is 36.4 Å². The third kappa shape index (κ3) is 5.10. The van der Waals surface area contributed by atoms with E-state index in [4.69, 9.17) is 37.4 Å². The van der Waals surface area contributed by atoms with Crippen LogP contribution in [0.3, 0.4) is 0 Å². The molecule has 3 aromatic rings. The number of thiazole rings is 1. The Labute approximate surface area is 184 Å². The molecule has 2 aromatic carbocycles. The second-order valence-corrected chi connectivity index (χ2v) is 7.83. The quantitative estimate of drug-likeness (QED) is 0.346. The van der Waals surface area contributed by atoms with Gasteiger partial charge in [0.1, 0.15) is 11.9 Å². The van der Waals surface area contributed by atoms with Gasteiger partial charge in [0.2, 0.25) is 0 Å².